The van der Waals surface area contributed by atoms with Gasteiger partial charge < -0.3 is 9.47 Å². The van der Waals surface area contributed by atoms with E-state index in [-0.39, 0.29) is 36.6 Å². The first-order chi connectivity index (χ1) is 17.5. The topological polar surface area (TPSA) is 63.4 Å². The molecule has 10 heteroatoms. The maximum atomic E-state index is 16.4. The van der Waals surface area contributed by atoms with Gasteiger partial charge in [0.25, 0.3) is 0 Å². The molecule has 1 fully saturated rings. The summed E-state index contributed by atoms with van der Waals surface area (Å²) in [5, 5.41) is 0.559. The predicted molar refractivity (Wildman–Crippen MR) is 137 cm³/mol. The van der Waals surface area contributed by atoms with Crippen molar-refractivity contribution in [2.75, 3.05) is 6.54 Å². The highest BCUT2D eigenvalue weighted by Gasteiger charge is 2.47. The number of carbonyl (C=O) groups excluding carboxylic acids is 1. The van der Waals surface area contributed by atoms with Crippen LogP contribution in [0, 0.1) is 13.8 Å². The standard InChI is InChI=1S/C28H33F4N5O/c1-16-20(9-8-10-22(16)28(30,31)32)17(2)34-25-21-13-24(33-14-23(21)36(7)18(3)35-25)27(29)11-12-37(19(4)38)26(5,6)15-27/h8-10,13-14,17H,11-12,15H2,1-7H3/b34-25-. The molecule has 1 saturated heterocycles. The molecule has 38 heavy (non-hydrogen) atoms. The molecule has 0 N–H and O–H groups in total. The summed E-state index contributed by atoms with van der Waals surface area (Å²) in [5.41, 5.74) is -1.40. The van der Waals surface area contributed by atoms with Gasteiger partial charge in [0, 0.05) is 44.3 Å². The number of nitrogens with zero attached hydrogens (tertiary/aromatic N) is 5. The van der Waals surface area contributed by atoms with Gasteiger partial charge in [-0.2, -0.15) is 13.2 Å². The van der Waals surface area contributed by atoms with Crippen molar-refractivity contribution in [3.05, 3.63) is 64.2 Å². The highest BCUT2D eigenvalue weighted by Crippen LogP contribution is 2.43. The van der Waals surface area contributed by atoms with E-state index in [1.807, 2.05) is 25.5 Å². The zero-order chi connectivity index (χ0) is 28.2. The van der Waals surface area contributed by atoms with Gasteiger partial charge in [0.1, 0.15) is 5.82 Å². The second-order valence-electron chi connectivity index (χ2n) is 10.8. The summed E-state index contributed by atoms with van der Waals surface area (Å²) in [7, 11) is 1.82. The summed E-state index contributed by atoms with van der Waals surface area (Å²) < 4.78 is 58.8. The van der Waals surface area contributed by atoms with Gasteiger partial charge >= 0.3 is 6.18 Å². The van der Waals surface area contributed by atoms with Crippen LogP contribution in [0.3, 0.4) is 0 Å². The Balaban J connectivity index is 1.85. The van der Waals surface area contributed by atoms with Crippen molar-refractivity contribution in [2.45, 2.75) is 77.8 Å². The second kappa shape index (κ2) is 9.47. The summed E-state index contributed by atoms with van der Waals surface area (Å²) in [4.78, 5) is 27.6. The number of halogens is 4. The van der Waals surface area contributed by atoms with Crippen molar-refractivity contribution in [2.24, 2.45) is 12.0 Å². The number of aromatic nitrogens is 3. The zero-order valence-electron chi connectivity index (χ0n) is 22.7. The van der Waals surface area contributed by atoms with Gasteiger partial charge in [-0.25, -0.2) is 9.37 Å². The van der Waals surface area contributed by atoms with Crippen molar-refractivity contribution in [1.82, 2.24) is 19.4 Å². The monoisotopic (exact) mass is 531 g/mol. The Labute approximate surface area is 219 Å². The van der Waals surface area contributed by atoms with Gasteiger partial charge in [-0.3, -0.25) is 14.8 Å². The maximum Gasteiger partial charge on any atom is 0.416 e. The van der Waals surface area contributed by atoms with Gasteiger partial charge in [-0.1, -0.05) is 12.1 Å². The molecule has 0 spiro atoms. The van der Waals surface area contributed by atoms with Crippen LogP contribution in [-0.2, 0) is 23.7 Å². The first kappa shape index (κ1) is 27.7. The summed E-state index contributed by atoms with van der Waals surface area (Å²) in [6, 6.07) is 5.08. The molecule has 2 aromatic heterocycles. The smallest absolute Gasteiger partial charge is 0.338 e. The number of fused-ring (bicyclic) bond motifs is 1. The Kier molecular flexibility index (Phi) is 6.91. The number of piperidine rings is 1. The number of pyridine rings is 1. The average Bonchev–Trinajstić information content (AvgIpc) is 2.80. The minimum Gasteiger partial charge on any atom is -0.338 e. The molecule has 1 aromatic carbocycles. The van der Waals surface area contributed by atoms with Gasteiger partial charge in [-0.05, 0) is 57.9 Å². The maximum absolute atomic E-state index is 16.4. The Morgan fingerprint density at radius 2 is 1.89 bits per heavy atom. The van der Waals surface area contributed by atoms with Crippen LogP contribution in [-0.4, -0.2) is 37.4 Å². The van der Waals surface area contributed by atoms with Crippen LogP contribution < -0.4 is 5.49 Å². The SMILES string of the molecule is CC(=O)N1CCC(F)(c2cc3/c(=N/C(C)c4cccc(C(F)(F)F)c4C)nc(C)n(C)c3cn2)CC1(C)C. The third-order valence-electron chi connectivity index (χ3n) is 7.70. The number of hydrogen-bond acceptors (Lipinski definition) is 4. The van der Waals surface area contributed by atoms with Gasteiger partial charge in [0.2, 0.25) is 5.91 Å². The molecule has 2 unspecified atom stereocenters. The number of rotatable bonds is 3. The molecule has 0 aliphatic carbocycles. The lowest BCUT2D eigenvalue weighted by Crippen LogP contribution is -2.55. The summed E-state index contributed by atoms with van der Waals surface area (Å²) in [6.45, 7) is 10.4. The third kappa shape index (κ3) is 4.92. The molecule has 2 atom stereocenters. The van der Waals surface area contributed by atoms with Crippen LogP contribution in [0.15, 0.2) is 35.5 Å². The normalized spacial score (nSPS) is 21.1. The number of benzene rings is 1. The van der Waals surface area contributed by atoms with Gasteiger partial charge in [0.15, 0.2) is 11.2 Å². The van der Waals surface area contributed by atoms with Crippen LogP contribution >= 0.6 is 0 Å². The Morgan fingerprint density at radius 3 is 2.50 bits per heavy atom. The quantitative estimate of drug-likeness (QED) is 0.398. The fraction of sp³-hybridized carbons (Fsp3) is 0.500. The molecule has 0 saturated carbocycles. The minimum atomic E-state index is -4.47. The molecule has 0 radical (unpaired) electrons. The number of amides is 1. The van der Waals surface area contributed by atoms with E-state index in [0.717, 1.165) is 6.07 Å². The molecular formula is C28H33F4N5O. The average molecular weight is 532 g/mol. The molecule has 204 valence electrons. The Bertz CT molecular complexity index is 1480. The van der Waals surface area contributed by atoms with Crippen LogP contribution in [0.5, 0.6) is 0 Å². The molecule has 6 nitrogen and oxygen atoms in total. The van der Waals surface area contributed by atoms with Crippen molar-refractivity contribution in [3.63, 3.8) is 0 Å². The zero-order valence-corrected chi connectivity index (χ0v) is 22.7. The highest BCUT2D eigenvalue weighted by atomic mass is 19.4. The fourth-order valence-electron chi connectivity index (χ4n) is 5.63. The summed E-state index contributed by atoms with van der Waals surface area (Å²) in [5.74, 6) is 0.528. The molecule has 0 bridgehead atoms. The lowest BCUT2D eigenvalue weighted by molar-refractivity contribution is -0.141. The Hall–Kier alpha value is -3.30. The van der Waals surface area contributed by atoms with E-state index < -0.39 is 29.0 Å². The van der Waals surface area contributed by atoms with E-state index in [1.165, 1.54) is 19.9 Å². The van der Waals surface area contributed by atoms with Crippen LogP contribution in [0.1, 0.15) is 74.8 Å². The van der Waals surface area contributed by atoms with Crippen molar-refractivity contribution >= 4 is 16.8 Å². The van der Waals surface area contributed by atoms with E-state index in [1.54, 1.807) is 37.1 Å². The minimum absolute atomic E-state index is 0.0792. The molecule has 1 amide bonds. The van der Waals surface area contributed by atoms with Crippen molar-refractivity contribution < 1.29 is 22.4 Å². The van der Waals surface area contributed by atoms with E-state index >= 15 is 4.39 Å². The molecule has 1 aliphatic rings. The number of likely N-dealkylation sites (tertiary alicyclic amines) is 1. The lowest BCUT2D eigenvalue weighted by Gasteiger charge is -2.47. The van der Waals surface area contributed by atoms with E-state index in [0.29, 0.717) is 27.8 Å². The van der Waals surface area contributed by atoms with E-state index in [2.05, 4.69) is 9.97 Å². The van der Waals surface area contributed by atoms with Crippen LogP contribution in [0.25, 0.3) is 10.9 Å². The van der Waals surface area contributed by atoms with E-state index in [9.17, 15) is 18.0 Å². The number of aryl methyl sites for hydroxylation is 2. The first-order valence-electron chi connectivity index (χ1n) is 12.6. The summed E-state index contributed by atoms with van der Waals surface area (Å²) >= 11 is 0. The summed E-state index contributed by atoms with van der Waals surface area (Å²) in [6.07, 6.45) is -2.70. The van der Waals surface area contributed by atoms with Gasteiger partial charge in [-0.15, -0.1) is 0 Å². The number of hydrogen-bond donors (Lipinski definition) is 0. The Morgan fingerprint density at radius 1 is 1.21 bits per heavy atom. The lowest BCUT2D eigenvalue weighted by atomic mass is 9.78. The molecular weight excluding hydrogens is 498 g/mol. The molecule has 4 rings (SSSR count). The largest absolute Gasteiger partial charge is 0.416 e. The molecule has 3 aromatic rings. The van der Waals surface area contributed by atoms with Crippen LogP contribution in [0.2, 0.25) is 0 Å². The van der Waals surface area contributed by atoms with E-state index in [4.69, 9.17) is 4.99 Å². The predicted octanol–water partition coefficient (Wildman–Crippen LogP) is 5.85. The number of alkyl halides is 4. The molecule has 3 heterocycles. The fourth-order valence-corrected chi connectivity index (χ4v) is 5.63. The van der Waals surface area contributed by atoms with Gasteiger partial charge in [0.05, 0.1) is 29.0 Å². The highest BCUT2D eigenvalue weighted by molar-refractivity contribution is 5.78. The molecule has 1 aliphatic heterocycles. The second-order valence-corrected chi connectivity index (χ2v) is 10.8. The third-order valence-corrected chi connectivity index (χ3v) is 7.70. The first-order valence-corrected chi connectivity index (χ1v) is 12.6. The number of carbonyl (C=O) groups is 1. The van der Waals surface area contributed by atoms with Crippen LogP contribution in [0.4, 0.5) is 17.6 Å². The van der Waals surface area contributed by atoms with Crippen molar-refractivity contribution in [1.29, 1.82) is 0 Å². The van der Waals surface area contributed by atoms with Crippen molar-refractivity contribution in [3.8, 4) is 0 Å².